The molecule has 1 amide bonds. The molecule has 3 aromatic rings. The molecule has 0 saturated heterocycles. The molecular weight excluding hydrogens is 427 g/mol. The zero-order chi connectivity index (χ0) is 22.3. The van der Waals surface area contributed by atoms with Crippen molar-refractivity contribution in [3.05, 3.63) is 94.0 Å². The van der Waals surface area contributed by atoms with Crippen LogP contribution in [0.2, 0.25) is 5.02 Å². The van der Waals surface area contributed by atoms with Crippen LogP contribution in [0.5, 0.6) is 0 Å². The van der Waals surface area contributed by atoms with E-state index in [-0.39, 0.29) is 23.9 Å². The van der Waals surface area contributed by atoms with Crippen molar-refractivity contribution in [3.8, 4) is 0 Å². The van der Waals surface area contributed by atoms with E-state index in [0.717, 1.165) is 41.9 Å². The highest BCUT2D eigenvalue weighted by molar-refractivity contribution is 6.31. The van der Waals surface area contributed by atoms with Gasteiger partial charge in [0, 0.05) is 30.0 Å². The van der Waals surface area contributed by atoms with Crippen LogP contribution in [0.4, 0.5) is 10.1 Å². The lowest BCUT2D eigenvalue weighted by molar-refractivity contribution is -0.127. The van der Waals surface area contributed by atoms with E-state index in [9.17, 15) is 14.0 Å². The zero-order valence-electron chi connectivity index (χ0n) is 17.5. The van der Waals surface area contributed by atoms with Gasteiger partial charge in [-0.1, -0.05) is 36.2 Å². The molecule has 32 heavy (non-hydrogen) atoms. The van der Waals surface area contributed by atoms with Crippen LogP contribution < -0.4 is 4.90 Å². The van der Waals surface area contributed by atoms with Crippen molar-refractivity contribution in [2.24, 2.45) is 0 Å². The standard InChI is InChI=1S/C26H22ClFN2O2/c27-19-4-1-3-18(16-19)25(32)30-14-11-21-22(30)9-10-23(29-21)26(12-2-13-26)24(31)15-17-5-7-20(28)8-6-17/h1,3-10,16H,2,11-15H2. The Labute approximate surface area is 191 Å². The van der Waals surface area contributed by atoms with E-state index >= 15 is 0 Å². The van der Waals surface area contributed by atoms with Gasteiger partial charge in [0.1, 0.15) is 11.6 Å². The molecule has 2 aromatic carbocycles. The fourth-order valence-corrected chi connectivity index (χ4v) is 4.87. The average molecular weight is 449 g/mol. The number of hydrogen-bond acceptors (Lipinski definition) is 3. The third kappa shape index (κ3) is 3.61. The summed E-state index contributed by atoms with van der Waals surface area (Å²) in [6.45, 7) is 0.549. The number of hydrogen-bond donors (Lipinski definition) is 0. The Bertz CT molecular complexity index is 1200. The fraction of sp³-hybridized carbons (Fsp3) is 0.269. The van der Waals surface area contributed by atoms with Crippen LogP contribution in [-0.2, 0) is 23.1 Å². The third-order valence-electron chi connectivity index (χ3n) is 6.64. The smallest absolute Gasteiger partial charge is 0.258 e. The van der Waals surface area contributed by atoms with Crippen molar-refractivity contribution >= 4 is 29.0 Å². The number of carbonyl (C=O) groups is 2. The quantitative estimate of drug-likeness (QED) is 0.531. The molecule has 1 aromatic heterocycles. The number of anilines is 1. The number of pyridine rings is 1. The molecule has 0 radical (unpaired) electrons. The number of Topliss-reactive ketones (excluding diaryl/α,β-unsaturated/α-hetero) is 1. The minimum Gasteiger partial charge on any atom is -0.306 e. The first-order chi connectivity index (χ1) is 15.5. The molecule has 0 unspecified atom stereocenters. The summed E-state index contributed by atoms with van der Waals surface area (Å²) in [6, 6.07) is 16.8. The van der Waals surface area contributed by atoms with E-state index in [1.807, 2.05) is 12.1 Å². The summed E-state index contributed by atoms with van der Waals surface area (Å²) >= 11 is 6.05. The molecule has 4 nitrogen and oxygen atoms in total. The second kappa shape index (κ2) is 8.14. The van der Waals surface area contributed by atoms with E-state index in [2.05, 4.69) is 0 Å². The van der Waals surface area contributed by atoms with Gasteiger partial charge in [0.15, 0.2) is 0 Å². The first-order valence-corrected chi connectivity index (χ1v) is 11.2. The van der Waals surface area contributed by atoms with Gasteiger partial charge in [0.2, 0.25) is 0 Å². The molecule has 162 valence electrons. The number of aromatic nitrogens is 1. The second-order valence-electron chi connectivity index (χ2n) is 8.54. The molecule has 0 bridgehead atoms. The lowest BCUT2D eigenvalue weighted by atomic mass is 9.62. The van der Waals surface area contributed by atoms with Crippen molar-refractivity contribution in [3.63, 3.8) is 0 Å². The number of carbonyl (C=O) groups excluding carboxylic acids is 2. The number of rotatable bonds is 5. The molecule has 1 fully saturated rings. The first kappa shape index (κ1) is 20.8. The number of amides is 1. The summed E-state index contributed by atoms with van der Waals surface area (Å²) in [6.07, 6.45) is 3.43. The van der Waals surface area contributed by atoms with E-state index in [0.29, 0.717) is 23.6 Å². The van der Waals surface area contributed by atoms with Crippen LogP contribution in [0.25, 0.3) is 0 Å². The Balaban J connectivity index is 1.40. The molecule has 1 aliphatic carbocycles. The average Bonchev–Trinajstić information content (AvgIpc) is 3.17. The topological polar surface area (TPSA) is 50.3 Å². The number of halogens is 2. The van der Waals surface area contributed by atoms with Gasteiger partial charge in [-0.3, -0.25) is 14.6 Å². The largest absolute Gasteiger partial charge is 0.306 e. The van der Waals surface area contributed by atoms with Gasteiger partial charge in [-0.15, -0.1) is 0 Å². The van der Waals surface area contributed by atoms with Crippen LogP contribution in [-0.4, -0.2) is 23.2 Å². The van der Waals surface area contributed by atoms with Crippen molar-refractivity contribution in [2.45, 2.75) is 37.5 Å². The van der Waals surface area contributed by atoms with E-state index in [1.54, 1.807) is 41.3 Å². The highest BCUT2D eigenvalue weighted by Gasteiger charge is 2.46. The second-order valence-corrected chi connectivity index (χ2v) is 8.98. The van der Waals surface area contributed by atoms with E-state index in [4.69, 9.17) is 16.6 Å². The first-order valence-electron chi connectivity index (χ1n) is 10.8. The minimum absolute atomic E-state index is 0.105. The molecule has 2 heterocycles. The van der Waals surface area contributed by atoms with Crippen LogP contribution in [0.1, 0.15) is 46.6 Å². The van der Waals surface area contributed by atoms with Crippen LogP contribution >= 0.6 is 11.6 Å². The Hall–Kier alpha value is -3.05. The summed E-state index contributed by atoms with van der Waals surface area (Å²) in [4.78, 5) is 32.9. The molecule has 0 spiro atoms. The van der Waals surface area contributed by atoms with Crippen molar-refractivity contribution < 1.29 is 14.0 Å². The predicted molar refractivity (Wildman–Crippen MR) is 122 cm³/mol. The Morgan fingerprint density at radius 2 is 1.84 bits per heavy atom. The summed E-state index contributed by atoms with van der Waals surface area (Å²) in [5.41, 5.74) is 3.18. The number of benzene rings is 2. The van der Waals surface area contributed by atoms with E-state index in [1.165, 1.54) is 12.1 Å². The maximum absolute atomic E-state index is 13.3. The molecule has 0 atom stereocenters. The van der Waals surface area contributed by atoms with Crippen LogP contribution in [0, 0.1) is 5.82 Å². The van der Waals surface area contributed by atoms with Gasteiger partial charge in [0.05, 0.1) is 22.5 Å². The summed E-state index contributed by atoms with van der Waals surface area (Å²) < 4.78 is 13.2. The number of fused-ring (bicyclic) bond motifs is 1. The SMILES string of the molecule is O=C(c1cccc(Cl)c1)N1CCc2nc(C3(C(=O)Cc4ccc(F)cc4)CCC3)ccc21. The normalized spacial score (nSPS) is 16.4. The van der Waals surface area contributed by atoms with Crippen LogP contribution in [0.15, 0.2) is 60.7 Å². The summed E-state index contributed by atoms with van der Waals surface area (Å²) in [5.74, 6) is -0.295. The monoisotopic (exact) mass is 448 g/mol. The van der Waals surface area contributed by atoms with Crippen LogP contribution in [0.3, 0.4) is 0 Å². The molecule has 2 aliphatic rings. The molecular formula is C26H22ClFN2O2. The van der Waals surface area contributed by atoms with Crippen molar-refractivity contribution in [2.75, 3.05) is 11.4 Å². The number of ketones is 1. The maximum Gasteiger partial charge on any atom is 0.258 e. The predicted octanol–water partition coefficient (Wildman–Crippen LogP) is 5.31. The van der Waals surface area contributed by atoms with Gasteiger partial charge < -0.3 is 4.90 Å². The lowest BCUT2D eigenvalue weighted by Gasteiger charge is -2.40. The fourth-order valence-electron chi connectivity index (χ4n) is 4.68. The highest BCUT2D eigenvalue weighted by atomic mass is 35.5. The molecule has 1 aliphatic heterocycles. The van der Waals surface area contributed by atoms with Gasteiger partial charge in [-0.05, 0) is 60.9 Å². The van der Waals surface area contributed by atoms with Gasteiger partial charge >= 0.3 is 0 Å². The zero-order valence-corrected chi connectivity index (χ0v) is 18.2. The highest BCUT2D eigenvalue weighted by Crippen LogP contribution is 2.45. The minimum atomic E-state index is -0.589. The summed E-state index contributed by atoms with van der Waals surface area (Å²) in [5, 5.41) is 0.523. The molecule has 5 rings (SSSR count). The Kier molecular flexibility index (Phi) is 5.30. The maximum atomic E-state index is 13.3. The third-order valence-corrected chi connectivity index (χ3v) is 6.87. The molecule has 6 heteroatoms. The van der Waals surface area contributed by atoms with Gasteiger partial charge in [0.25, 0.3) is 5.91 Å². The number of nitrogens with zero attached hydrogens (tertiary/aromatic N) is 2. The van der Waals surface area contributed by atoms with Gasteiger partial charge in [-0.2, -0.15) is 0 Å². The molecule has 0 N–H and O–H groups in total. The molecule has 1 saturated carbocycles. The Morgan fingerprint density at radius 1 is 1.06 bits per heavy atom. The van der Waals surface area contributed by atoms with Gasteiger partial charge in [-0.25, -0.2) is 4.39 Å². The lowest BCUT2D eigenvalue weighted by Crippen LogP contribution is -2.44. The summed E-state index contributed by atoms with van der Waals surface area (Å²) in [7, 11) is 0. The van der Waals surface area contributed by atoms with E-state index < -0.39 is 5.41 Å². The van der Waals surface area contributed by atoms with Crippen molar-refractivity contribution in [1.82, 2.24) is 4.98 Å². The Morgan fingerprint density at radius 3 is 2.53 bits per heavy atom. The van der Waals surface area contributed by atoms with Crippen molar-refractivity contribution in [1.29, 1.82) is 0 Å².